The molecule has 232 valence electrons. The lowest BCUT2D eigenvalue weighted by Gasteiger charge is -2.33. The van der Waals surface area contributed by atoms with Gasteiger partial charge in [-0.3, -0.25) is 5.32 Å². The molecule has 0 bridgehead atoms. The Hall–Kier alpha value is -6.11. The molecule has 2 aromatic heterocycles. The highest BCUT2D eigenvalue weighted by molar-refractivity contribution is 6.16. The van der Waals surface area contributed by atoms with E-state index in [2.05, 4.69) is 109 Å². The lowest BCUT2D eigenvalue weighted by molar-refractivity contribution is 0.411. The SMILES string of the molecule is Cc1c(/C=C\N)oc2cccc(C3=NC(c4ccccc4)NC(c4ccc(-c5cccc6oc7ccccc7c56)c5ccccc45)N3)c12. The van der Waals surface area contributed by atoms with Crippen LogP contribution in [0.1, 0.15) is 40.3 Å². The Balaban J connectivity index is 1.21. The van der Waals surface area contributed by atoms with Gasteiger partial charge in [0.15, 0.2) is 0 Å². The van der Waals surface area contributed by atoms with Gasteiger partial charge in [-0.2, -0.15) is 0 Å². The van der Waals surface area contributed by atoms with Crippen LogP contribution in [-0.4, -0.2) is 5.84 Å². The van der Waals surface area contributed by atoms with E-state index in [0.717, 1.165) is 83.3 Å². The summed E-state index contributed by atoms with van der Waals surface area (Å²) < 4.78 is 12.4. The first kappa shape index (κ1) is 28.1. The number of nitrogens with one attached hydrogen (secondary N) is 2. The second-order valence-corrected chi connectivity index (χ2v) is 12.2. The Morgan fingerprint density at radius 1 is 0.625 bits per heavy atom. The minimum Gasteiger partial charge on any atom is -0.456 e. The third-order valence-electron chi connectivity index (χ3n) is 9.43. The van der Waals surface area contributed by atoms with Crippen LogP contribution in [0.25, 0.3) is 60.9 Å². The Kier molecular flexibility index (Phi) is 6.62. The van der Waals surface area contributed by atoms with E-state index in [1.165, 1.54) is 11.6 Å². The van der Waals surface area contributed by atoms with Gasteiger partial charge >= 0.3 is 0 Å². The number of fused-ring (bicyclic) bond motifs is 5. The standard InChI is InChI=1S/C42H32N4O2/c1-25-34(23-24-43)47-36-19-10-17-33(38(25)36)42-45-40(26-11-3-2-4-12-26)44-41(46-42)31-22-21-29(27-13-5-6-14-28(27)31)30-16-9-20-37-39(30)32-15-7-8-18-35(32)48-37/h2-24,40-41,44H,43H2,1H3,(H,45,46)/b24-23-. The molecule has 0 amide bonds. The lowest BCUT2D eigenvalue weighted by Crippen LogP contribution is -2.45. The highest BCUT2D eigenvalue weighted by Gasteiger charge is 2.29. The molecule has 0 spiro atoms. The van der Waals surface area contributed by atoms with Crippen LogP contribution in [0.5, 0.6) is 0 Å². The van der Waals surface area contributed by atoms with E-state index in [1.807, 2.05) is 36.4 Å². The third kappa shape index (κ3) is 4.49. The fourth-order valence-electron chi connectivity index (χ4n) is 7.23. The average molecular weight is 625 g/mol. The molecule has 8 aromatic rings. The number of nitrogens with two attached hydrogens (primary N) is 1. The Morgan fingerprint density at radius 2 is 1.31 bits per heavy atom. The molecule has 9 rings (SSSR count). The summed E-state index contributed by atoms with van der Waals surface area (Å²) in [5.41, 5.74) is 14.9. The monoisotopic (exact) mass is 624 g/mol. The van der Waals surface area contributed by atoms with Gasteiger partial charge in [0.05, 0.1) is 0 Å². The maximum absolute atomic E-state index is 6.26. The molecular weight excluding hydrogens is 592 g/mol. The van der Waals surface area contributed by atoms with Crippen LogP contribution in [0.2, 0.25) is 0 Å². The fourth-order valence-corrected chi connectivity index (χ4v) is 7.23. The van der Waals surface area contributed by atoms with Crippen molar-refractivity contribution in [3.05, 3.63) is 162 Å². The summed E-state index contributed by atoms with van der Waals surface area (Å²) in [5, 5.41) is 13.2. The summed E-state index contributed by atoms with van der Waals surface area (Å²) >= 11 is 0. The summed E-state index contributed by atoms with van der Waals surface area (Å²) in [6.45, 7) is 2.06. The molecule has 4 N–H and O–H groups in total. The Labute approximate surface area is 277 Å². The van der Waals surface area contributed by atoms with Gasteiger partial charge in [-0.1, -0.05) is 109 Å². The minimum absolute atomic E-state index is 0.238. The van der Waals surface area contributed by atoms with Gasteiger partial charge in [0.2, 0.25) is 0 Å². The predicted octanol–water partition coefficient (Wildman–Crippen LogP) is 9.73. The maximum atomic E-state index is 6.26. The van der Waals surface area contributed by atoms with Gasteiger partial charge in [-0.25, -0.2) is 4.99 Å². The van der Waals surface area contributed by atoms with Crippen molar-refractivity contribution in [2.45, 2.75) is 19.3 Å². The molecule has 3 heterocycles. The Bertz CT molecular complexity index is 2560. The number of rotatable bonds is 5. The third-order valence-corrected chi connectivity index (χ3v) is 9.43. The molecule has 0 saturated carbocycles. The zero-order chi connectivity index (χ0) is 32.2. The van der Waals surface area contributed by atoms with Crippen molar-refractivity contribution in [1.82, 2.24) is 10.6 Å². The molecule has 48 heavy (non-hydrogen) atoms. The van der Waals surface area contributed by atoms with Crippen molar-refractivity contribution in [2.24, 2.45) is 10.7 Å². The van der Waals surface area contributed by atoms with E-state index >= 15 is 0 Å². The van der Waals surface area contributed by atoms with Gasteiger partial charge in [-0.15, -0.1) is 0 Å². The molecule has 6 aromatic carbocycles. The van der Waals surface area contributed by atoms with E-state index in [1.54, 1.807) is 6.08 Å². The number of aliphatic imine (C=N–C) groups is 1. The van der Waals surface area contributed by atoms with E-state index in [9.17, 15) is 0 Å². The van der Waals surface area contributed by atoms with Crippen LogP contribution in [0.4, 0.5) is 0 Å². The smallest absolute Gasteiger partial charge is 0.136 e. The summed E-state index contributed by atoms with van der Waals surface area (Å²) in [6.07, 6.45) is 2.80. The van der Waals surface area contributed by atoms with Crippen molar-refractivity contribution in [1.29, 1.82) is 0 Å². The van der Waals surface area contributed by atoms with Crippen molar-refractivity contribution >= 4 is 55.6 Å². The zero-order valence-corrected chi connectivity index (χ0v) is 26.3. The second kappa shape index (κ2) is 11.3. The summed E-state index contributed by atoms with van der Waals surface area (Å²) in [7, 11) is 0. The first-order chi connectivity index (χ1) is 23.7. The molecule has 0 radical (unpaired) electrons. The van der Waals surface area contributed by atoms with Crippen LogP contribution >= 0.6 is 0 Å². The summed E-state index contributed by atoms with van der Waals surface area (Å²) in [5.74, 6) is 1.54. The van der Waals surface area contributed by atoms with E-state index in [-0.39, 0.29) is 12.3 Å². The Morgan fingerprint density at radius 3 is 2.12 bits per heavy atom. The van der Waals surface area contributed by atoms with Crippen LogP contribution in [0.15, 0.2) is 147 Å². The normalized spacial score (nSPS) is 16.6. The number of hydrogen-bond acceptors (Lipinski definition) is 6. The molecule has 2 atom stereocenters. The molecule has 1 aliphatic heterocycles. The second-order valence-electron chi connectivity index (χ2n) is 12.2. The summed E-state index contributed by atoms with van der Waals surface area (Å²) in [4.78, 5) is 5.25. The first-order valence-corrected chi connectivity index (χ1v) is 16.2. The van der Waals surface area contributed by atoms with E-state index in [4.69, 9.17) is 19.6 Å². The van der Waals surface area contributed by atoms with Gasteiger partial charge in [0, 0.05) is 27.3 Å². The van der Waals surface area contributed by atoms with E-state index in [0.29, 0.717) is 0 Å². The quantitative estimate of drug-likeness (QED) is 0.177. The van der Waals surface area contributed by atoms with Crippen LogP contribution in [0.3, 0.4) is 0 Å². The number of amidine groups is 1. The predicted molar refractivity (Wildman–Crippen MR) is 196 cm³/mol. The topological polar surface area (TPSA) is 88.7 Å². The average Bonchev–Trinajstić information content (AvgIpc) is 3.68. The lowest BCUT2D eigenvalue weighted by atomic mass is 9.91. The summed E-state index contributed by atoms with van der Waals surface area (Å²) in [6, 6.07) is 44.2. The van der Waals surface area contributed by atoms with Gasteiger partial charge < -0.3 is 19.9 Å². The molecular formula is C42H32N4O2. The minimum atomic E-state index is -0.275. The van der Waals surface area contributed by atoms with Crippen LogP contribution in [0, 0.1) is 6.92 Å². The van der Waals surface area contributed by atoms with Crippen molar-refractivity contribution in [2.75, 3.05) is 0 Å². The van der Waals surface area contributed by atoms with Crippen molar-refractivity contribution < 1.29 is 8.83 Å². The van der Waals surface area contributed by atoms with Crippen molar-refractivity contribution in [3.8, 4) is 11.1 Å². The largest absolute Gasteiger partial charge is 0.456 e. The van der Waals surface area contributed by atoms with Gasteiger partial charge in [0.25, 0.3) is 0 Å². The molecule has 6 nitrogen and oxygen atoms in total. The van der Waals surface area contributed by atoms with Crippen LogP contribution < -0.4 is 16.4 Å². The van der Waals surface area contributed by atoms with Crippen LogP contribution in [-0.2, 0) is 0 Å². The number of benzene rings is 6. The molecule has 0 fully saturated rings. The van der Waals surface area contributed by atoms with E-state index < -0.39 is 0 Å². The number of nitrogens with zero attached hydrogens (tertiary/aromatic N) is 1. The van der Waals surface area contributed by atoms with Crippen molar-refractivity contribution in [3.63, 3.8) is 0 Å². The molecule has 0 saturated heterocycles. The number of aryl methyl sites for hydroxylation is 1. The molecule has 6 heteroatoms. The highest BCUT2D eigenvalue weighted by Crippen LogP contribution is 2.41. The molecule has 1 aliphatic rings. The fraction of sp³-hybridized carbons (Fsp3) is 0.0714. The zero-order valence-electron chi connectivity index (χ0n) is 26.3. The van der Waals surface area contributed by atoms with Gasteiger partial charge in [-0.05, 0) is 70.4 Å². The van der Waals surface area contributed by atoms with Gasteiger partial charge in [0.1, 0.15) is 40.7 Å². The maximum Gasteiger partial charge on any atom is 0.136 e. The number of para-hydroxylation sites is 1. The molecule has 2 unspecified atom stereocenters. The highest BCUT2D eigenvalue weighted by atomic mass is 16.3. The number of furan rings is 2. The first-order valence-electron chi connectivity index (χ1n) is 16.2. The number of hydrogen-bond donors (Lipinski definition) is 3. The molecule has 0 aliphatic carbocycles.